The summed E-state index contributed by atoms with van der Waals surface area (Å²) < 4.78 is -0.157. The predicted molar refractivity (Wildman–Crippen MR) is 62.9 cm³/mol. The Morgan fingerprint density at radius 2 is 2.00 bits per heavy atom. The molecule has 1 rings (SSSR count). The summed E-state index contributed by atoms with van der Waals surface area (Å²) in [5, 5.41) is 0. The molecule has 4 heteroatoms. The van der Waals surface area contributed by atoms with Crippen LogP contribution in [0.25, 0.3) is 0 Å². The van der Waals surface area contributed by atoms with Gasteiger partial charge in [0.2, 0.25) is 5.91 Å². The molecular formula is C11H18BrNO2. The molecule has 1 fully saturated rings. The van der Waals surface area contributed by atoms with E-state index in [1.54, 1.807) is 14.1 Å². The number of nitrogens with zero attached hydrogens (tertiary/aromatic N) is 1. The van der Waals surface area contributed by atoms with Crippen LogP contribution in [-0.4, -0.2) is 35.0 Å². The summed E-state index contributed by atoms with van der Waals surface area (Å²) in [6.07, 6.45) is 1.34. The van der Waals surface area contributed by atoms with Crippen molar-refractivity contribution >= 4 is 27.6 Å². The lowest BCUT2D eigenvalue weighted by Crippen LogP contribution is -2.40. The number of carbonyl (C=O) groups is 2. The summed E-state index contributed by atoms with van der Waals surface area (Å²) in [6, 6.07) is 0. The molecule has 0 heterocycles. The number of ketones is 1. The molecule has 3 nitrogen and oxygen atoms in total. The van der Waals surface area contributed by atoms with E-state index < -0.39 is 5.92 Å². The maximum atomic E-state index is 11.9. The first-order valence-corrected chi connectivity index (χ1v) is 5.97. The zero-order valence-electron chi connectivity index (χ0n) is 9.71. The number of amides is 1. The standard InChI is InChI=1S/C11H18BrNO2/c1-11(2,12)7-5-6-8(14)9(7)10(15)13(3)4/h7,9H,5-6H2,1-4H3/t7-,9+/m1/s1. The number of rotatable bonds is 2. The fraction of sp³-hybridized carbons (Fsp3) is 0.818. The molecule has 0 unspecified atom stereocenters. The Balaban J connectivity index is 2.92. The average molecular weight is 276 g/mol. The van der Waals surface area contributed by atoms with E-state index in [1.165, 1.54) is 4.90 Å². The third-order valence-electron chi connectivity index (χ3n) is 3.04. The number of carbonyl (C=O) groups excluding carboxylic acids is 2. The second-order valence-corrected chi connectivity index (χ2v) is 6.93. The third kappa shape index (κ3) is 2.60. The van der Waals surface area contributed by atoms with Crippen molar-refractivity contribution in [1.29, 1.82) is 0 Å². The fourth-order valence-corrected chi connectivity index (χ4v) is 2.67. The number of hydrogen-bond donors (Lipinski definition) is 0. The molecule has 1 saturated carbocycles. The Kier molecular flexibility index (Phi) is 3.59. The van der Waals surface area contributed by atoms with Gasteiger partial charge in [-0.25, -0.2) is 0 Å². The highest BCUT2D eigenvalue weighted by atomic mass is 79.9. The van der Waals surface area contributed by atoms with Crippen LogP contribution in [0.3, 0.4) is 0 Å². The van der Waals surface area contributed by atoms with Crippen LogP contribution in [0.1, 0.15) is 26.7 Å². The van der Waals surface area contributed by atoms with E-state index in [0.717, 1.165) is 6.42 Å². The van der Waals surface area contributed by atoms with E-state index in [-0.39, 0.29) is 21.9 Å². The molecule has 0 bridgehead atoms. The van der Waals surface area contributed by atoms with Crippen molar-refractivity contribution in [3.8, 4) is 0 Å². The van der Waals surface area contributed by atoms with Gasteiger partial charge < -0.3 is 4.90 Å². The van der Waals surface area contributed by atoms with Gasteiger partial charge in [-0.15, -0.1) is 0 Å². The van der Waals surface area contributed by atoms with Crippen LogP contribution in [0.4, 0.5) is 0 Å². The summed E-state index contributed by atoms with van der Waals surface area (Å²) in [5.74, 6) is -0.310. The van der Waals surface area contributed by atoms with Crippen molar-refractivity contribution in [1.82, 2.24) is 4.90 Å². The average Bonchev–Trinajstić information content (AvgIpc) is 2.44. The summed E-state index contributed by atoms with van der Waals surface area (Å²) >= 11 is 3.57. The minimum absolute atomic E-state index is 0.0602. The Morgan fingerprint density at radius 3 is 2.40 bits per heavy atom. The van der Waals surface area contributed by atoms with Gasteiger partial charge in [0, 0.05) is 24.8 Å². The maximum Gasteiger partial charge on any atom is 0.232 e. The smallest absolute Gasteiger partial charge is 0.232 e. The third-order valence-corrected chi connectivity index (χ3v) is 3.63. The highest BCUT2D eigenvalue weighted by molar-refractivity contribution is 9.10. The van der Waals surface area contributed by atoms with Gasteiger partial charge in [0.05, 0.1) is 0 Å². The van der Waals surface area contributed by atoms with E-state index in [1.807, 2.05) is 13.8 Å². The lowest BCUT2D eigenvalue weighted by Gasteiger charge is -2.30. The monoisotopic (exact) mass is 275 g/mol. The minimum Gasteiger partial charge on any atom is -0.348 e. The van der Waals surface area contributed by atoms with E-state index in [0.29, 0.717) is 6.42 Å². The molecule has 2 atom stereocenters. The highest BCUT2D eigenvalue weighted by Crippen LogP contribution is 2.42. The Labute approximate surface area is 99.3 Å². The quantitative estimate of drug-likeness (QED) is 0.570. The van der Waals surface area contributed by atoms with Crippen LogP contribution in [0.15, 0.2) is 0 Å². The minimum atomic E-state index is -0.450. The predicted octanol–water partition coefficient (Wildman–Crippen LogP) is 1.84. The molecule has 0 aromatic carbocycles. The van der Waals surface area contributed by atoms with Crippen LogP contribution in [-0.2, 0) is 9.59 Å². The molecule has 0 spiro atoms. The molecule has 0 saturated heterocycles. The van der Waals surface area contributed by atoms with Crippen molar-refractivity contribution in [3.63, 3.8) is 0 Å². The number of hydrogen-bond acceptors (Lipinski definition) is 2. The van der Waals surface area contributed by atoms with Crippen LogP contribution in [0.2, 0.25) is 0 Å². The van der Waals surface area contributed by atoms with Crippen LogP contribution in [0, 0.1) is 11.8 Å². The number of alkyl halides is 1. The number of Topliss-reactive ketones (excluding diaryl/α,β-unsaturated/α-hetero) is 1. The lowest BCUT2D eigenvalue weighted by molar-refractivity contribution is -0.139. The maximum absolute atomic E-state index is 11.9. The van der Waals surface area contributed by atoms with Gasteiger partial charge in [0.25, 0.3) is 0 Å². The highest BCUT2D eigenvalue weighted by Gasteiger charge is 2.46. The van der Waals surface area contributed by atoms with Gasteiger partial charge in [0.15, 0.2) is 0 Å². The summed E-state index contributed by atoms with van der Waals surface area (Å²) in [7, 11) is 3.40. The van der Waals surface area contributed by atoms with Crippen molar-refractivity contribution in [3.05, 3.63) is 0 Å². The van der Waals surface area contributed by atoms with Crippen LogP contribution >= 0.6 is 15.9 Å². The zero-order chi connectivity index (χ0) is 11.8. The topological polar surface area (TPSA) is 37.4 Å². The van der Waals surface area contributed by atoms with E-state index in [9.17, 15) is 9.59 Å². The van der Waals surface area contributed by atoms with E-state index in [4.69, 9.17) is 0 Å². The molecule has 1 aliphatic rings. The largest absolute Gasteiger partial charge is 0.348 e. The molecule has 0 N–H and O–H groups in total. The molecule has 0 radical (unpaired) electrons. The van der Waals surface area contributed by atoms with Gasteiger partial charge in [0.1, 0.15) is 11.7 Å². The molecule has 0 aromatic rings. The summed E-state index contributed by atoms with van der Waals surface area (Å²) in [6.45, 7) is 4.04. The Hall–Kier alpha value is -0.380. The first-order valence-electron chi connectivity index (χ1n) is 5.18. The van der Waals surface area contributed by atoms with Gasteiger partial charge in [-0.3, -0.25) is 9.59 Å². The molecule has 1 amide bonds. The van der Waals surface area contributed by atoms with Crippen LogP contribution < -0.4 is 0 Å². The lowest BCUT2D eigenvalue weighted by atomic mass is 9.85. The molecule has 15 heavy (non-hydrogen) atoms. The molecule has 86 valence electrons. The first kappa shape index (κ1) is 12.7. The van der Waals surface area contributed by atoms with Crippen molar-refractivity contribution in [2.24, 2.45) is 11.8 Å². The fourth-order valence-electron chi connectivity index (χ4n) is 2.17. The Bertz CT molecular complexity index is 281. The summed E-state index contributed by atoms with van der Waals surface area (Å²) in [5.41, 5.74) is 0. The van der Waals surface area contributed by atoms with E-state index >= 15 is 0 Å². The molecule has 0 aliphatic heterocycles. The van der Waals surface area contributed by atoms with Crippen molar-refractivity contribution in [2.45, 2.75) is 31.0 Å². The van der Waals surface area contributed by atoms with Crippen molar-refractivity contribution < 1.29 is 9.59 Å². The van der Waals surface area contributed by atoms with Gasteiger partial charge in [-0.05, 0) is 26.2 Å². The SMILES string of the molecule is CN(C)C(=O)[C@@H]1C(=O)CC[C@H]1C(C)(C)Br. The summed E-state index contributed by atoms with van der Waals surface area (Å²) in [4.78, 5) is 25.1. The molecule has 0 aromatic heterocycles. The van der Waals surface area contributed by atoms with E-state index in [2.05, 4.69) is 15.9 Å². The molecule has 1 aliphatic carbocycles. The number of halogens is 1. The van der Waals surface area contributed by atoms with Gasteiger partial charge >= 0.3 is 0 Å². The Morgan fingerprint density at radius 1 is 1.47 bits per heavy atom. The normalized spacial score (nSPS) is 26.9. The first-order chi connectivity index (χ1) is 6.75. The van der Waals surface area contributed by atoms with Gasteiger partial charge in [-0.2, -0.15) is 0 Å². The second-order valence-electron chi connectivity index (χ2n) is 4.89. The van der Waals surface area contributed by atoms with Gasteiger partial charge in [-0.1, -0.05) is 15.9 Å². The second kappa shape index (κ2) is 4.24. The van der Waals surface area contributed by atoms with Crippen molar-refractivity contribution in [2.75, 3.05) is 14.1 Å². The molecular weight excluding hydrogens is 258 g/mol. The van der Waals surface area contributed by atoms with Crippen LogP contribution in [0.5, 0.6) is 0 Å². The zero-order valence-corrected chi connectivity index (χ0v) is 11.3.